The van der Waals surface area contributed by atoms with Crippen molar-refractivity contribution < 1.29 is 9.72 Å². The molecule has 0 saturated carbocycles. The molecule has 0 spiro atoms. The number of nitro groups is 1. The van der Waals surface area contributed by atoms with E-state index in [0.717, 1.165) is 0 Å². The van der Waals surface area contributed by atoms with Crippen molar-refractivity contribution in [2.75, 3.05) is 5.32 Å². The van der Waals surface area contributed by atoms with Crippen LogP contribution >= 0.6 is 11.6 Å². The minimum atomic E-state index is -0.512. The molecule has 106 valence electrons. The Morgan fingerprint density at radius 3 is 2.81 bits per heavy atom. The highest BCUT2D eigenvalue weighted by molar-refractivity contribution is 6.28. The van der Waals surface area contributed by atoms with E-state index in [-0.39, 0.29) is 16.8 Å². The fourth-order valence-electron chi connectivity index (χ4n) is 1.53. The number of aromatic nitrogens is 2. The Balaban J connectivity index is 2.11. The molecule has 1 aromatic carbocycles. The number of carbonyl (C=O) groups is 1. The lowest BCUT2D eigenvalue weighted by atomic mass is 10.1. The fourth-order valence-corrected chi connectivity index (χ4v) is 1.68. The molecule has 0 aliphatic carbocycles. The second kappa shape index (κ2) is 6.58. The Morgan fingerprint density at radius 1 is 1.33 bits per heavy atom. The normalized spacial score (nSPS) is 10.5. The van der Waals surface area contributed by atoms with Crippen molar-refractivity contribution >= 4 is 35.1 Å². The average molecular weight is 305 g/mol. The van der Waals surface area contributed by atoms with E-state index in [9.17, 15) is 14.9 Å². The zero-order valence-corrected chi connectivity index (χ0v) is 11.3. The molecule has 8 heteroatoms. The molecule has 1 aromatic heterocycles. The van der Waals surface area contributed by atoms with E-state index in [0.29, 0.717) is 5.56 Å². The van der Waals surface area contributed by atoms with Gasteiger partial charge in [0.1, 0.15) is 5.82 Å². The van der Waals surface area contributed by atoms with Gasteiger partial charge in [-0.25, -0.2) is 9.97 Å². The molecule has 0 fully saturated rings. The molecule has 2 aromatic rings. The maximum atomic E-state index is 11.7. The first-order valence-electron chi connectivity index (χ1n) is 5.77. The quantitative estimate of drug-likeness (QED) is 0.405. The number of amides is 1. The summed E-state index contributed by atoms with van der Waals surface area (Å²) >= 11 is 5.59. The van der Waals surface area contributed by atoms with E-state index < -0.39 is 10.8 Å². The van der Waals surface area contributed by atoms with Crippen molar-refractivity contribution in [2.24, 2.45) is 0 Å². The van der Waals surface area contributed by atoms with Crippen molar-refractivity contribution in [1.29, 1.82) is 0 Å². The predicted octanol–water partition coefficient (Wildman–Crippen LogP) is 2.69. The molecule has 21 heavy (non-hydrogen) atoms. The lowest BCUT2D eigenvalue weighted by Gasteiger charge is -2.00. The van der Waals surface area contributed by atoms with E-state index in [2.05, 4.69) is 15.3 Å². The number of nitrogens with one attached hydrogen (secondary N) is 1. The second-order valence-electron chi connectivity index (χ2n) is 3.85. The number of rotatable bonds is 4. The SMILES string of the molecule is O=C(/C=C/c1ccccc1[N+](=O)[O-])Nc1ccnc(Cl)n1. The molecule has 2 rings (SSSR count). The van der Waals surface area contributed by atoms with Crippen LogP contribution in [0.1, 0.15) is 5.56 Å². The first-order valence-corrected chi connectivity index (χ1v) is 6.15. The summed E-state index contributed by atoms with van der Waals surface area (Å²) in [4.78, 5) is 29.5. The lowest BCUT2D eigenvalue weighted by molar-refractivity contribution is -0.385. The zero-order valence-electron chi connectivity index (χ0n) is 10.6. The number of carbonyl (C=O) groups excluding carboxylic acids is 1. The Kier molecular flexibility index (Phi) is 4.57. The lowest BCUT2D eigenvalue weighted by Crippen LogP contribution is -2.09. The summed E-state index contributed by atoms with van der Waals surface area (Å²) in [5.41, 5.74) is 0.255. The largest absolute Gasteiger partial charge is 0.307 e. The van der Waals surface area contributed by atoms with Crippen molar-refractivity contribution in [2.45, 2.75) is 0 Å². The summed E-state index contributed by atoms with van der Waals surface area (Å²) in [5, 5.41) is 13.3. The van der Waals surface area contributed by atoms with E-state index >= 15 is 0 Å². The highest BCUT2D eigenvalue weighted by atomic mass is 35.5. The maximum absolute atomic E-state index is 11.7. The number of anilines is 1. The minimum Gasteiger partial charge on any atom is -0.307 e. The average Bonchev–Trinajstić information content (AvgIpc) is 2.45. The summed E-state index contributed by atoms with van der Waals surface area (Å²) in [5.74, 6) is -0.241. The smallest absolute Gasteiger partial charge is 0.276 e. The molecule has 7 nitrogen and oxygen atoms in total. The first kappa shape index (κ1) is 14.6. The zero-order chi connectivity index (χ0) is 15.2. The Labute approximate surface area is 124 Å². The van der Waals surface area contributed by atoms with Crippen LogP contribution in [-0.2, 0) is 4.79 Å². The molecule has 1 amide bonds. The van der Waals surface area contributed by atoms with Gasteiger partial charge in [0.05, 0.1) is 10.5 Å². The maximum Gasteiger partial charge on any atom is 0.276 e. The van der Waals surface area contributed by atoms with Gasteiger partial charge in [0.25, 0.3) is 5.69 Å². The minimum absolute atomic E-state index is 0.00970. The van der Waals surface area contributed by atoms with Crippen LogP contribution < -0.4 is 5.32 Å². The molecule has 0 atom stereocenters. The van der Waals surface area contributed by atoms with Crippen LogP contribution in [0.15, 0.2) is 42.6 Å². The Hall–Kier alpha value is -2.80. The van der Waals surface area contributed by atoms with E-state index in [4.69, 9.17) is 11.6 Å². The third-order valence-corrected chi connectivity index (χ3v) is 2.61. The molecule has 0 aliphatic heterocycles. The van der Waals surface area contributed by atoms with E-state index in [1.807, 2.05) is 0 Å². The van der Waals surface area contributed by atoms with Crippen LogP contribution in [0.5, 0.6) is 0 Å². The Bertz CT molecular complexity index is 718. The van der Waals surface area contributed by atoms with Crippen LogP contribution in [0.3, 0.4) is 0 Å². The number of halogens is 1. The van der Waals surface area contributed by atoms with E-state index in [1.54, 1.807) is 18.2 Å². The predicted molar refractivity (Wildman–Crippen MR) is 77.8 cm³/mol. The molecule has 0 saturated heterocycles. The number of para-hydroxylation sites is 1. The van der Waals surface area contributed by atoms with Gasteiger partial charge in [0.15, 0.2) is 0 Å². The summed E-state index contributed by atoms with van der Waals surface area (Å²) < 4.78 is 0. The molecule has 1 heterocycles. The number of benzene rings is 1. The molecule has 0 radical (unpaired) electrons. The topological polar surface area (TPSA) is 98.0 Å². The standard InChI is InChI=1S/C13H9ClN4O3/c14-13-15-8-7-11(17-13)16-12(19)6-5-9-3-1-2-4-10(9)18(20)21/h1-8H,(H,15,16,17,19)/b6-5+. The second-order valence-corrected chi connectivity index (χ2v) is 4.19. The summed E-state index contributed by atoms with van der Waals surface area (Å²) in [6.45, 7) is 0. The highest BCUT2D eigenvalue weighted by Crippen LogP contribution is 2.18. The van der Waals surface area contributed by atoms with Crippen molar-refractivity contribution in [1.82, 2.24) is 9.97 Å². The van der Waals surface area contributed by atoms with Gasteiger partial charge in [-0.05, 0) is 29.8 Å². The van der Waals surface area contributed by atoms with E-state index in [1.165, 1.54) is 30.5 Å². The third-order valence-electron chi connectivity index (χ3n) is 2.43. The molecular weight excluding hydrogens is 296 g/mol. The summed E-state index contributed by atoms with van der Waals surface area (Å²) in [7, 11) is 0. The summed E-state index contributed by atoms with van der Waals surface area (Å²) in [6.07, 6.45) is 3.94. The molecule has 0 bridgehead atoms. The Morgan fingerprint density at radius 2 is 2.10 bits per heavy atom. The fraction of sp³-hybridized carbons (Fsp3) is 0. The number of hydrogen-bond donors (Lipinski definition) is 1. The van der Waals surface area contributed by atoms with Gasteiger partial charge in [-0.3, -0.25) is 14.9 Å². The van der Waals surface area contributed by atoms with Crippen molar-refractivity contribution in [3.8, 4) is 0 Å². The molecule has 1 N–H and O–H groups in total. The first-order chi connectivity index (χ1) is 10.1. The van der Waals surface area contributed by atoms with Crippen molar-refractivity contribution in [3.63, 3.8) is 0 Å². The van der Waals surface area contributed by atoms with Gasteiger partial charge >= 0.3 is 0 Å². The van der Waals surface area contributed by atoms with Gasteiger partial charge in [-0.2, -0.15) is 0 Å². The van der Waals surface area contributed by atoms with Crippen LogP contribution in [0.4, 0.5) is 11.5 Å². The van der Waals surface area contributed by atoms with Gasteiger partial charge in [-0.15, -0.1) is 0 Å². The van der Waals surface area contributed by atoms with Gasteiger partial charge in [0.2, 0.25) is 11.2 Å². The monoisotopic (exact) mass is 304 g/mol. The highest BCUT2D eigenvalue weighted by Gasteiger charge is 2.09. The van der Waals surface area contributed by atoms with Gasteiger partial charge in [-0.1, -0.05) is 12.1 Å². The van der Waals surface area contributed by atoms with Crippen LogP contribution in [-0.4, -0.2) is 20.8 Å². The molecule has 0 unspecified atom stereocenters. The van der Waals surface area contributed by atoms with Crippen LogP contribution in [0, 0.1) is 10.1 Å². The summed E-state index contributed by atoms with van der Waals surface area (Å²) in [6, 6.07) is 7.58. The number of hydrogen-bond acceptors (Lipinski definition) is 5. The van der Waals surface area contributed by atoms with Crippen molar-refractivity contribution in [3.05, 3.63) is 63.6 Å². The third kappa shape index (κ3) is 4.08. The molecular formula is C13H9ClN4O3. The molecule has 0 aliphatic rings. The van der Waals surface area contributed by atoms with Crippen LogP contribution in [0.2, 0.25) is 5.28 Å². The van der Waals surface area contributed by atoms with Gasteiger partial charge in [0, 0.05) is 18.3 Å². The number of nitrogens with zero attached hydrogens (tertiary/aromatic N) is 3. The van der Waals surface area contributed by atoms with Crippen LogP contribution in [0.25, 0.3) is 6.08 Å². The number of nitro benzene ring substituents is 1. The van der Waals surface area contributed by atoms with Gasteiger partial charge < -0.3 is 5.32 Å².